The zero-order valence-electron chi connectivity index (χ0n) is 12.1. The van der Waals surface area contributed by atoms with Crippen molar-refractivity contribution in [2.75, 3.05) is 32.9 Å². The van der Waals surface area contributed by atoms with Crippen molar-refractivity contribution >= 4 is 16.0 Å². The standard InChI is InChI=1S/C13H23NO6S/c15-13(16)5-10-20-11-1-6-14(7-2-11)21(17,18)12-3-8-19-9-4-12/h11-12H,1-10H2,(H,15,16). The Bertz CT molecular complexity index is 438. The molecule has 2 fully saturated rings. The molecule has 0 bridgehead atoms. The molecule has 8 heteroatoms. The first-order valence-electron chi connectivity index (χ1n) is 7.40. The van der Waals surface area contributed by atoms with Gasteiger partial charge in [0.1, 0.15) is 0 Å². The van der Waals surface area contributed by atoms with E-state index in [1.807, 2.05) is 0 Å². The van der Waals surface area contributed by atoms with E-state index in [0.29, 0.717) is 52.0 Å². The maximum atomic E-state index is 12.5. The third kappa shape index (κ3) is 4.64. The van der Waals surface area contributed by atoms with Crippen LogP contribution in [0.15, 0.2) is 0 Å². The van der Waals surface area contributed by atoms with Crippen LogP contribution < -0.4 is 0 Å². The molecule has 21 heavy (non-hydrogen) atoms. The minimum absolute atomic E-state index is 0.0133. The average Bonchev–Trinajstić information content (AvgIpc) is 2.48. The lowest BCUT2D eigenvalue weighted by Crippen LogP contribution is -2.46. The van der Waals surface area contributed by atoms with Crippen LogP contribution in [0.5, 0.6) is 0 Å². The summed E-state index contributed by atoms with van der Waals surface area (Å²) >= 11 is 0. The molecule has 122 valence electrons. The summed E-state index contributed by atoms with van der Waals surface area (Å²) in [7, 11) is -3.24. The number of carboxylic acids is 1. The molecule has 0 spiro atoms. The monoisotopic (exact) mass is 321 g/mol. The summed E-state index contributed by atoms with van der Waals surface area (Å²) in [6.45, 7) is 2.12. The van der Waals surface area contributed by atoms with Gasteiger partial charge in [-0.05, 0) is 25.7 Å². The van der Waals surface area contributed by atoms with Gasteiger partial charge in [0.15, 0.2) is 0 Å². The van der Waals surface area contributed by atoms with E-state index >= 15 is 0 Å². The predicted molar refractivity (Wildman–Crippen MR) is 75.6 cm³/mol. The van der Waals surface area contributed by atoms with Gasteiger partial charge in [-0.1, -0.05) is 0 Å². The second-order valence-corrected chi connectivity index (χ2v) is 7.68. The van der Waals surface area contributed by atoms with Crippen LogP contribution in [-0.4, -0.2) is 68.1 Å². The topological polar surface area (TPSA) is 93.1 Å². The van der Waals surface area contributed by atoms with E-state index in [1.54, 1.807) is 4.31 Å². The van der Waals surface area contributed by atoms with Crippen LogP contribution in [0.3, 0.4) is 0 Å². The largest absolute Gasteiger partial charge is 0.481 e. The summed E-state index contributed by atoms with van der Waals surface area (Å²) in [5, 5.41) is 8.23. The average molecular weight is 321 g/mol. The van der Waals surface area contributed by atoms with Gasteiger partial charge < -0.3 is 14.6 Å². The van der Waals surface area contributed by atoms with Crippen LogP contribution in [0.2, 0.25) is 0 Å². The van der Waals surface area contributed by atoms with E-state index in [1.165, 1.54) is 0 Å². The van der Waals surface area contributed by atoms with Gasteiger partial charge in [0, 0.05) is 26.3 Å². The predicted octanol–water partition coefficient (Wildman–Crippen LogP) is 0.451. The lowest BCUT2D eigenvalue weighted by molar-refractivity contribution is -0.138. The van der Waals surface area contributed by atoms with Gasteiger partial charge in [-0.2, -0.15) is 0 Å². The SMILES string of the molecule is O=C(O)CCOC1CCN(S(=O)(=O)C2CCOCC2)CC1. The first-order chi connectivity index (χ1) is 10.00. The fourth-order valence-electron chi connectivity index (χ4n) is 2.75. The number of hydrogen-bond donors (Lipinski definition) is 1. The second kappa shape index (κ2) is 7.53. The highest BCUT2D eigenvalue weighted by atomic mass is 32.2. The molecule has 1 N–H and O–H groups in total. The fraction of sp³-hybridized carbons (Fsp3) is 0.923. The summed E-state index contributed by atoms with van der Waals surface area (Å²) in [5.74, 6) is -0.880. The Balaban J connectivity index is 1.78. The Morgan fingerprint density at radius 3 is 2.38 bits per heavy atom. The molecule has 2 aliphatic heterocycles. The van der Waals surface area contributed by atoms with Gasteiger partial charge in [-0.15, -0.1) is 0 Å². The van der Waals surface area contributed by atoms with E-state index < -0.39 is 16.0 Å². The number of hydrogen-bond acceptors (Lipinski definition) is 5. The molecule has 0 radical (unpaired) electrons. The van der Waals surface area contributed by atoms with Crippen molar-refractivity contribution in [1.29, 1.82) is 0 Å². The zero-order valence-corrected chi connectivity index (χ0v) is 12.9. The van der Waals surface area contributed by atoms with Gasteiger partial charge >= 0.3 is 5.97 Å². The molecule has 0 aliphatic carbocycles. The number of nitrogens with zero attached hydrogens (tertiary/aromatic N) is 1. The van der Waals surface area contributed by atoms with Crippen LogP contribution >= 0.6 is 0 Å². The van der Waals surface area contributed by atoms with E-state index in [0.717, 1.165) is 0 Å². The van der Waals surface area contributed by atoms with E-state index in [2.05, 4.69) is 0 Å². The maximum absolute atomic E-state index is 12.5. The third-order valence-corrected chi connectivity index (χ3v) is 6.42. The van der Waals surface area contributed by atoms with E-state index in [9.17, 15) is 13.2 Å². The molecule has 2 heterocycles. The Morgan fingerprint density at radius 1 is 1.19 bits per heavy atom. The minimum Gasteiger partial charge on any atom is -0.481 e. The Morgan fingerprint density at radius 2 is 1.81 bits per heavy atom. The van der Waals surface area contributed by atoms with Gasteiger partial charge in [0.2, 0.25) is 10.0 Å². The number of carbonyl (C=O) groups is 1. The van der Waals surface area contributed by atoms with Crippen LogP contribution in [0.25, 0.3) is 0 Å². The number of piperidine rings is 1. The highest BCUT2D eigenvalue weighted by molar-refractivity contribution is 7.89. The van der Waals surface area contributed by atoms with Crippen molar-refractivity contribution < 1.29 is 27.8 Å². The molecule has 7 nitrogen and oxygen atoms in total. The quantitative estimate of drug-likeness (QED) is 0.763. The summed E-state index contributed by atoms with van der Waals surface area (Å²) in [6, 6.07) is 0. The highest BCUT2D eigenvalue weighted by Gasteiger charge is 2.35. The van der Waals surface area contributed by atoms with Crippen LogP contribution in [0.1, 0.15) is 32.1 Å². The second-order valence-electron chi connectivity index (χ2n) is 5.47. The van der Waals surface area contributed by atoms with E-state index in [4.69, 9.17) is 14.6 Å². The Labute approximate surface area is 125 Å². The lowest BCUT2D eigenvalue weighted by Gasteiger charge is -2.34. The van der Waals surface area contributed by atoms with E-state index in [-0.39, 0.29) is 24.4 Å². The molecule has 0 aromatic carbocycles. The van der Waals surface area contributed by atoms with Gasteiger partial charge in [-0.3, -0.25) is 4.79 Å². The molecule has 0 aromatic rings. The number of ether oxygens (including phenoxy) is 2. The first kappa shape index (κ1) is 16.7. The van der Waals surface area contributed by atoms with Crippen molar-refractivity contribution in [3.05, 3.63) is 0 Å². The Hall–Kier alpha value is -0.700. The van der Waals surface area contributed by atoms with Crippen molar-refractivity contribution in [2.45, 2.75) is 43.5 Å². The zero-order chi connectivity index (χ0) is 15.3. The van der Waals surface area contributed by atoms with Crippen LogP contribution in [-0.2, 0) is 24.3 Å². The van der Waals surface area contributed by atoms with Crippen LogP contribution in [0.4, 0.5) is 0 Å². The molecular weight excluding hydrogens is 298 g/mol. The molecule has 0 atom stereocenters. The summed E-state index contributed by atoms with van der Waals surface area (Å²) in [4.78, 5) is 10.4. The van der Waals surface area contributed by atoms with Gasteiger partial charge in [-0.25, -0.2) is 12.7 Å². The van der Waals surface area contributed by atoms with Gasteiger partial charge in [0.25, 0.3) is 0 Å². The molecule has 2 rings (SSSR count). The third-order valence-electron chi connectivity index (χ3n) is 4.02. The number of sulfonamides is 1. The van der Waals surface area contributed by atoms with Crippen LogP contribution in [0, 0.1) is 0 Å². The molecular formula is C13H23NO6S. The number of rotatable bonds is 6. The summed E-state index contributed by atoms with van der Waals surface area (Å²) in [6.07, 6.45) is 2.34. The summed E-state index contributed by atoms with van der Waals surface area (Å²) in [5.41, 5.74) is 0. The lowest BCUT2D eigenvalue weighted by atomic mass is 10.1. The maximum Gasteiger partial charge on any atom is 0.305 e. The fourth-order valence-corrected chi connectivity index (χ4v) is 4.68. The normalized spacial score (nSPS) is 23.2. The van der Waals surface area contributed by atoms with Crippen molar-refractivity contribution in [3.8, 4) is 0 Å². The molecule has 2 aliphatic rings. The van der Waals surface area contributed by atoms with Crippen molar-refractivity contribution in [2.24, 2.45) is 0 Å². The number of carboxylic acid groups (broad SMARTS) is 1. The molecule has 0 unspecified atom stereocenters. The Kier molecular flexibility index (Phi) is 5.98. The highest BCUT2D eigenvalue weighted by Crippen LogP contribution is 2.24. The molecule has 2 saturated heterocycles. The van der Waals surface area contributed by atoms with Crippen molar-refractivity contribution in [1.82, 2.24) is 4.31 Å². The van der Waals surface area contributed by atoms with Crippen molar-refractivity contribution in [3.63, 3.8) is 0 Å². The molecule has 0 saturated carbocycles. The van der Waals surface area contributed by atoms with Gasteiger partial charge in [0.05, 0.1) is 24.4 Å². The smallest absolute Gasteiger partial charge is 0.305 e. The molecule has 0 amide bonds. The molecule has 0 aromatic heterocycles. The summed E-state index contributed by atoms with van der Waals surface area (Å²) < 4.78 is 37.3. The first-order valence-corrected chi connectivity index (χ1v) is 8.90. The number of aliphatic carboxylic acids is 1. The minimum atomic E-state index is -3.24.